The number of phenols is 8. The Hall–Kier alpha value is -12.2. The zero-order valence-electron chi connectivity index (χ0n) is 55.2. The van der Waals surface area contributed by atoms with E-state index in [-0.39, 0.29) is 127 Å². The minimum atomic E-state index is -1.45. The van der Waals surface area contributed by atoms with Gasteiger partial charge in [0.25, 0.3) is 0 Å². The predicted octanol–water partition coefficient (Wildman–Crippen LogP) is 7.10. The van der Waals surface area contributed by atoms with Crippen LogP contribution in [0, 0.1) is 23.7 Å². The molecule has 5 atom stereocenters. The second-order valence-corrected chi connectivity index (χ2v) is 21.4. The van der Waals surface area contributed by atoms with Gasteiger partial charge in [0.1, 0.15) is 25.1 Å². The van der Waals surface area contributed by atoms with Gasteiger partial charge in [-0.05, 0) is 115 Å². The highest BCUT2D eigenvalue weighted by molar-refractivity contribution is 5.93. The lowest BCUT2D eigenvalue weighted by molar-refractivity contribution is -0.146. The number of rotatable bonds is 33. The van der Waals surface area contributed by atoms with E-state index < -0.39 is 95.7 Å². The fourth-order valence-electron chi connectivity index (χ4n) is 9.35. The average Bonchev–Trinajstić information content (AvgIpc) is 0.819. The second kappa shape index (κ2) is 44.6. The number of hydrogen-bond acceptors (Lipinski definition) is 27. The fourth-order valence-corrected chi connectivity index (χ4v) is 9.35. The lowest BCUT2D eigenvalue weighted by Gasteiger charge is -2.28. The van der Waals surface area contributed by atoms with E-state index in [1.165, 1.54) is 80.6 Å². The van der Waals surface area contributed by atoms with Crippen molar-refractivity contribution in [1.82, 2.24) is 0 Å². The van der Waals surface area contributed by atoms with Gasteiger partial charge in [-0.25, -0.2) is 14.4 Å². The number of aliphatic hydroxyl groups is 3. The molecule has 0 aliphatic carbocycles. The molecule has 0 radical (unpaired) electrons. The summed E-state index contributed by atoms with van der Waals surface area (Å²) in [7, 11) is 0. The molecule has 30 heteroatoms. The predicted molar refractivity (Wildman–Crippen MR) is 354 cm³/mol. The number of carbonyl (C=O) groups is 11. The minimum Gasteiger partial charge on any atom is -0.515 e. The van der Waals surface area contributed by atoms with Crippen molar-refractivity contribution in [3.8, 4) is 46.0 Å². The number of allylic oxidation sites excluding steroid dienone is 7. The Labute approximate surface area is 577 Å². The van der Waals surface area contributed by atoms with Crippen molar-refractivity contribution >= 4 is 66.9 Å². The first-order valence-electron chi connectivity index (χ1n) is 30.5. The van der Waals surface area contributed by atoms with E-state index in [2.05, 4.69) is 0 Å². The summed E-state index contributed by atoms with van der Waals surface area (Å²) in [6, 6.07) is 17.0. The molecule has 1 heterocycles. The maximum Gasteiger partial charge on any atom is 0.335 e. The number of carboxylic acids is 3. The Bertz CT molecular complexity index is 3650. The normalized spacial score (nSPS) is 15.0. The molecule has 30 nitrogen and oxygen atoms in total. The molecule has 544 valence electrons. The van der Waals surface area contributed by atoms with Gasteiger partial charge in [0.15, 0.2) is 46.0 Å². The number of aliphatic carboxylic acids is 3. The van der Waals surface area contributed by atoms with E-state index in [4.69, 9.17) is 44.1 Å². The van der Waals surface area contributed by atoms with Gasteiger partial charge >= 0.3 is 41.8 Å². The lowest BCUT2D eigenvalue weighted by atomic mass is 9.86. The highest BCUT2D eigenvalue weighted by Gasteiger charge is 2.35. The van der Waals surface area contributed by atoms with Crippen LogP contribution in [0.2, 0.25) is 0 Å². The quantitative estimate of drug-likeness (QED) is 0.00430. The molecule has 0 spiro atoms. The standard InChI is InChI=1S/3C18H20O8.C17H20O6/c1-2-11-12(13(17(22)23)9-26-18(11)24)8-16(21)25-6-5-10-3-4-14(19)15(20)7-10;2*1-2-12(9-19)13(14(10-20)18(24)25)8-17(23)26-6-5-11-3-4-15(21)16(22)7-11;1-2-13(11-19)14(5-7-18)10-17(22)23-8-6-12-3-4-15(20)16(21)9-12/h2-4,7,9,12,18-20,24H,5-6,8H2,1H3,(H,22,23);2*2-4,7,9-10,13,20-22H,5-6,8H2,1H3,(H,24,25);2-4,7,9,11,14,20-21H,5-6,8,10H2,1H3/b11-2-;2*12-2+,14-10+;13-2+. The SMILES string of the molecule is C/C=C(\C=O)C(CC(=O)OCCc1ccc(O)c(O)c1)/C(=C\O)C(=O)O.C/C=C(\C=O)C(CC(=O)OCCc1ccc(O)c(O)c1)/C(=C\O)C(=O)O.C/C=C(\C=O)C(CC=O)CC(=O)OCCc1ccc(O)c(O)c1.C/C=C1\C(O)OC=C(C(=O)O)C1CC(=O)OCCc1ccc(O)c(O)c1. The smallest absolute Gasteiger partial charge is 0.335 e. The Morgan fingerprint density at radius 1 is 0.465 bits per heavy atom. The molecular formula is C71H80O30. The van der Waals surface area contributed by atoms with E-state index in [9.17, 15) is 104 Å². The van der Waals surface area contributed by atoms with Crippen molar-refractivity contribution in [3.05, 3.63) is 177 Å². The highest BCUT2D eigenvalue weighted by atomic mass is 16.6. The van der Waals surface area contributed by atoms with E-state index >= 15 is 0 Å². The highest BCUT2D eigenvalue weighted by Crippen LogP contribution is 2.34. The van der Waals surface area contributed by atoms with Crippen molar-refractivity contribution in [3.63, 3.8) is 0 Å². The molecule has 4 aromatic rings. The summed E-state index contributed by atoms with van der Waals surface area (Å²) < 4.78 is 25.2. The Morgan fingerprint density at radius 2 is 0.792 bits per heavy atom. The number of hydrogen-bond donors (Lipinski definition) is 14. The number of ether oxygens (including phenoxy) is 5. The largest absolute Gasteiger partial charge is 0.515 e. The van der Waals surface area contributed by atoms with Crippen LogP contribution in [0.4, 0.5) is 0 Å². The van der Waals surface area contributed by atoms with Crippen LogP contribution in [0.5, 0.6) is 46.0 Å². The van der Waals surface area contributed by atoms with Gasteiger partial charge in [-0.2, -0.15) is 0 Å². The van der Waals surface area contributed by atoms with Crippen LogP contribution in [0.3, 0.4) is 0 Å². The molecule has 5 rings (SSSR count). The number of carbonyl (C=O) groups excluding carboxylic acids is 8. The van der Waals surface area contributed by atoms with Crippen molar-refractivity contribution in [2.45, 2.75) is 91.8 Å². The first-order valence-corrected chi connectivity index (χ1v) is 30.5. The third-order valence-corrected chi connectivity index (χ3v) is 14.9. The van der Waals surface area contributed by atoms with Crippen LogP contribution in [-0.2, 0) is 102 Å². The fraction of sp³-hybridized carbons (Fsp3) is 0.310. The maximum absolute atomic E-state index is 12.1. The number of esters is 4. The van der Waals surface area contributed by atoms with Gasteiger partial charge in [0.05, 0.1) is 87.6 Å². The Kier molecular flexibility index (Phi) is 37.5. The van der Waals surface area contributed by atoms with Crippen LogP contribution >= 0.6 is 0 Å². The van der Waals surface area contributed by atoms with Crippen molar-refractivity contribution in [2.75, 3.05) is 26.4 Å². The van der Waals surface area contributed by atoms with Gasteiger partial charge in [0.2, 0.25) is 6.29 Å². The van der Waals surface area contributed by atoms with E-state index in [1.54, 1.807) is 44.2 Å². The summed E-state index contributed by atoms with van der Waals surface area (Å²) in [6.07, 6.45) is 8.43. The molecule has 1 aliphatic rings. The first kappa shape index (κ1) is 84.9. The molecule has 1 aliphatic heterocycles. The Morgan fingerprint density at radius 3 is 1.06 bits per heavy atom. The maximum atomic E-state index is 12.1. The number of aromatic hydroxyl groups is 8. The van der Waals surface area contributed by atoms with Crippen LogP contribution in [0.1, 0.15) is 82.1 Å². The van der Waals surface area contributed by atoms with Crippen molar-refractivity contribution < 1.29 is 148 Å². The third-order valence-electron chi connectivity index (χ3n) is 14.9. The summed E-state index contributed by atoms with van der Waals surface area (Å²) in [5, 5.41) is 130. The average molecular weight is 1410 g/mol. The van der Waals surface area contributed by atoms with Gasteiger partial charge in [-0.15, -0.1) is 0 Å². The van der Waals surface area contributed by atoms with E-state index in [1.807, 2.05) is 0 Å². The number of phenolic OH excluding ortho intramolecular Hbond substituents is 8. The van der Waals surface area contributed by atoms with E-state index in [0.717, 1.165) is 6.26 Å². The second-order valence-electron chi connectivity index (χ2n) is 21.4. The molecule has 4 aromatic carbocycles. The summed E-state index contributed by atoms with van der Waals surface area (Å²) in [5.41, 5.74) is 2.24. The molecule has 5 unspecified atom stereocenters. The lowest BCUT2D eigenvalue weighted by Crippen LogP contribution is -2.30. The molecule has 14 N–H and O–H groups in total. The minimum absolute atomic E-state index is 0.0200. The van der Waals surface area contributed by atoms with Gasteiger partial charge in [-0.1, -0.05) is 48.6 Å². The number of aldehydes is 4. The zero-order valence-corrected chi connectivity index (χ0v) is 55.2. The first-order chi connectivity index (χ1) is 48.0. The van der Waals surface area contributed by atoms with Crippen LogP contribution in [0.25, 0.3) is 0 Å². The molecular weight excluding hydrogens is 1330 g/mol. The number of aliphatic hydroxyl groups excluding tert-OH is 3. The van der Waals surface area contributed by atoms with Crippen LogP contribution in [-0.4, -0.2) is 171 Å². The summed E-state index contributed by atoms with van der Waals surface area (Å²) >= 11 is 0. The summed E-state index contributed by atoms with van der Waals surface area (Å²) in [5.74, 6) is -12.4. The van der Waals surface area contributed by atoms with Crippen molar-refractivity contribution in [2.24, 2.45) is 23.7 Å². The monoisotopic (exact) mass is 1410 g/mol. The molecule has 0 bridgehead atoms. The zero-order chi connectivity index (χ0) is 75.9. The number of carboxylic acid groups (broad SMARTS) is 3. The van der Waals surface area contributed by atoms with Crippen LogP contribution < -0.4 is 0 Å². The molecule has 0 amide bonds. The van der Waals surface area contributed by atoms with Gasteiger partial charge in [-0.3, -0.25) is 33.6 Å². The molecule has 0 saturated carbocycles. The van der Waals surface area contributed by atoms with Gasteiger partial charge < -0.3 is 100.0 Å². The summed E-state index contributed by atoms with van der Waals surface area (Å²) in [6.45, 7) is 6.33. The van der Waals surface area contributed by atoms with Gasteiger partial charge in [0, 0.05) is 61.3 Å². The Balaban J connectivity index is 0.000000458. The topological polar surface area (TPSA) is 517 Å². The molecule has 101 heavy (non-hydrogen) atoms. The molecule has 0 saturated heterocycles. The molecule has 0 fully saturated rings. The number of benzene rings is 4. The van der Waals surface area contributed by atoms with E-state index in [0.29, 0.717) is 78.3 Å². The van der Waals surface area contributed by atoms with Crippen molar-refractivity contribution in [1.29, 1.82) is 0 Å². The van der Waals surface area contributed by atoms with Crippen LogP contribution in [0.15, 0.2) is 155 Å². The third kappa shape index (κ3) is 28.8. The molecule has 0 aromatic heterocycles. The summed E-state index contributed by atoms with van der Waals surface area (Å²) in [4.78, 5) is 125.